The summed E-state index contributed by atoms with van der Waals surface area (Å²) in [4.78, 5) is 2.42. The molecule has 0 atom stereocenters. The Morgan fingerprint density at radius 1 is 1.19 bits per heavy atom. The topological polar surface area (TPSA) is 12.5 Å². The van der Waals surface area contributed by atoms with Gasteiger partial charge in [0.15, 0.2) is 0 Å². The molecule has 1 rings (SSSR count). The smallest absolute Gasteiger partial charge is 0.119 e. The lowest BCUT2D eigenvalue weighted by Crippen LogP contribution is -2.25. The largest absolute Gasteiger partial charge is 0.494 e. The van der Waals surface area contributed by atoms with E-state index >= 15 is 0 Å². The molecule has 2 nitrogen and oxygen atoms in total. The van der Waals surface area contributed by atoms with Crippen LogP contribution >= 0.6 is 0 Å². The Bertz CT molecular complexity index is 295. The maximum Gasteiger partial charge on any atom is 0.119 e. The van der Waals surface area contributed by atoms with Crippen LogP contribution in [0.2, 0.25) is 0 Å². The molecular weight excluding hydrogens is 198 g/mol. The van der Waals surface area contributed by atoms with Crippen molar-refractivity contribution in [3.05, 3.63) is 29.8 Å². The van der Waals surface area contributed by atoms with E-state index in [1.807, 2.05) is 12.1 Å². The van der Waals surface area contributed by atoms with Crippen molar-refractivity contribution < 1.29 is 4.74 Å². The number of ether oxygens (including phenoxy) is 1. The Morgan fingerprint density at radius 3 is 2.56 bits per heavy atom. The van der Waals surface area contributed by atoms with Gasteiger partial charge in [-0.15, -0.1) is 0 Å². The second-order valence-corrected chi connectivity index (χ2v) is 4.05. The molecule has 16 heavy (non-hydrogen) atoms. The molecule has 0 amide bonds. The fourth-order valence-corrected chi connectivity index (χ4v) is 1.72. The normalized spacial score (nSPS) is 10.8. The average molecular weight is 221 g/mol. The van der Waals surface area contributed by atoms with Crippen molar-refractivity contribution in [2.75, 3.05) is 26.2 Å². The van der Waals surface area contributed by atoms with Crippen molar-refractivity contribution in [3.63, 3.8) is 0 Å². The van der Waals surface area contributed by atoms with Gasteiger partial charge >= 0.3 is 0 Å². The Morgan fingerprint density at radius 2 is 1.94 bits per heavy atom. The lowest BCUT2D eigenvalue weighted by Gasteiger charge is -2.17. The summed E-state index contributed by atoms with van der Waals surface area (Å²) < 4.78 is 5.70. The Balaban J connectivity index is 2.20. The molecule has 0 aromatic heterocycles. The van der Waals surface area contributed by atoms with Gasteiger partial charge in [0.1, 0.15) is 5.75 Å². The maximum absolute atomic E-state index is 5.70. The molecule has 0 saturated heterocycles. The Hall–Kier alpha value is -1.02. The van der Waals surface area contributed by atoms with Gasteiger partial charge in [-0.2, -0.15) is 0 Å². The van der Waals surface area contributed by atoms with Crippen LogP contribution in [-0.2, 0) is 0 Å². The van der Waals surface area contributed by atoms with Crippen molar-refractivity contribution in [1.82, 2.24) is 4.90 Å². The number of aryl methyl sites for hydroxylation is 1. The van der Waals surface area contributed by atoms with E-state index in [2.05, 4.69) is 37.8 Å². The zero-order valence-corrected chi connectivity index (χ0v) is 10.7. The van der Waals surface area contributed by atoms with Crippen LogP contribution in [0.4, 0.5) is 0 Å². The molecule has 1 aromatic rings. The van der Waals surface area contributed by atoms with Crippen LogP contribution in [0, 0.1) is 6.92 Å². The van der Waals surface area contributed by atoms with Crippen LogP contribution < -0.4 is 4.74 Å². The summed E-state index contributed by atoms with van der Waals surface area (Å²) in [6.45, 7) is 10.7. The molecule has 0 fully saturated rings. The van der Waals surface area contributed by atoms with Gasteiger partial charge in [0.25, 0.3) is 0 Å². The standard InChI is InChI=1S/C14H23NO/c1-4-15(5-2)10-7-11-16-14-9-6-8-13(3)12-14/h6,8-9,12H,4-5,7,10-11H2,1-3H3. The quantitative estimate of drug-likeness (QED) is 0.656. The maximum atomic E-state index is 5.70. The first-order valence-corrected chi connectivity index (χ1v) is 6.18. The SMILES string of the molecule is CCN(CC)CCCOc1cccc(C)c1. The number of hydrogen-bond donors (Lipinski definition) is 0. The first kappa shape index (κ1) is 13.0. The summed E-state index contributed by atoms with van der Waals surface area (Å²) in [5.74, 6) is 0.986. The zero-order chi connectivity index (χ0) is 11.8. The molecule has 0 aliphatic carbocycles. The highest BCUT2D eigenvalue weighted by atomic mass is 16.5. The first-order valence-electron chi connectivity index (χ1n) is 6.18. The summed E-state index contributed by atoms with van der Waals surface area (Å²) in [6, 6.07) is 8.22. The molecule has 0 aliphatic rings. The average Bonchev–Trinajstić information content (AvgIpc) is 2.29. The van der Waals surface area contributed by atoms with Gasteiger partial charge in [0.05, 0.1) is 6.61 Å². The Labute approximate surface area is 99.2 Å². The van der Waals surface area contributed by atoms with Gasteiger partial charge in [-0.1, -0.05) is 26.0 Å². The summed E-state index contributed by atoms with van der Waals surface area (Å²) in [6.07, 6.45) is 1.09. The molecular formula is C14H23NO. The van der Waals surface area contributed by atoms with E-state index in [0.29, 0.717) is 0 Å². The van der Waals surface area contributed by atoms with Gasteiger partial charge in [0, 0.05) is 6.54 Å². The highest BCUT2D eigenvalue weighted by Crippen LogP contribution is 2.12. The molecule has 0 N–H and O–H groups in total. The predicted molar refractivity (Wildman–Crippen MR) is 69.1 cm³/mol. The van der Waals surface area contributed by atoms with E-state index in [-0.39, 0.29) is 0 Å². The summed E-state index contributed by atoms with van der Waals surface area (Å²) in [7, 11) is 0. The number of hydrogen-bond acceptors (Lipinski definition) is 2. The lowest BCUT2D eigenvalue weighted by molar-refractivity contribution is 0.249. The van der Waals surface area contributed by atoms with Crippen molar-refractivity contribution in [2.24, 2.45) is 0 Å². The molecule has 0 saturated carbocycles. The molecule has 0 spiro atoms. The summed E-state index contributed by atoms with van der Waals surface area (Å²) in [5, 5.41) is 0. The monoisotopic (exact) mass is 221 g/mol. The minimum Gasteiger partial charge on any atom is -0.494 e. The minimum atomic E-state index is 0.806. The summed E-state index contributed by atoms with van der Waals surface area (Å²) in [5.41, 5.74) is 1.25. The van der Waals surface area contributed by atoms with Crippen molar-refractivity contribution in [1.29, 1.82) is 0 Å². The zero-order valence-electron chi connectivity index (χ0n) is 10.7. The van der Waals surface area contributed by atoms with E-state index in [0.717, 1.165) is 38.4 Å². The van der Waals surface area contributed by atoms with Gasteiger partial charge in [-0.25, -0.2) is 0 Å². The Kier molecular flexibility index (Phi) is 5.94. The van der Waals surface area contributed by atoms with E-state index in [9.17, 15) is 0 Å². The van der Waals surface area contributed by atoms with Gasteiger partial charge in [-0.3, -0.25) is 0 Å². The third kappa shape index (κ3) is 4.67. The van der Waals surface area contributed by atoms with E-state index < -0.39 is 0 Å². The van der Waals surface area contributed by atoms with Crippen LogP contribution in [-0.4, -0.2) is 31.1 Å². The number of benzene rings is 1. The third-order valence-corrected chi connectivity index (χ3v) is 2.77. The summed E-state index contributed by atoms with van der Waals surface area (Å²) >= 11 is 0. The highest BCUT2D eigenvalue weighted by Gasteiger charge is 1.99. The van der Waals surface area contributed by atoms with Crippen LogP contribution in [0.3, 0.4) is 0 Å². The van der Waals surface area contributed by atoms with Crippen LogP contribution in [0.5, 0.6) is 5.75 Å². The van der Waals surface area contributed by atoms with Crippen molar-refractivity contribution in [3.8, 4) is 5.75 Å². The van der Waals surface area contributed by atoms with Crippen molar-refractivity contribution in [2.45, 2.75) is 27.2 Å². The lowest BCUT2D eigenvalue weighted by atomic mass is 10.2. The second kappa shape index (κ2) is 7.29. The van der Waals surface area contributed by atoms with Crippen molar-refractivity contribution >= 4 is 0 Å². The van der Waals surface area contributed by atoms with Gasteiger partial charge in [-0.05, 0) is 44.1 Å². The fourth-order valence-electron chi connectivity index (χ4n) is 1.72. The van der Waals surface area contributed by atoms with Crippen LogP contribution in [0.15, 0.2) is 24.3 Å². The van der Waals surface area contributed by atoms with Crippen LogP contribution in [0.25, 0.3) is 0 Å². The molecule has 0 radical (unpaired) electrons. The number of nitrogens with zero attached hydrogens (tertiary/aromatic N) is 1. The minimum absolute atomic E-state index is 0.806. The highest BCUT2D eigenvalue weighted by molar-refractivity contribution is 5.27. The number of rotatable bonds is 7. The first-order chi connectivity index (χ1) is 7.76. The molecule has 0 aliphatic heterocycles. The van der Waals surface area contributed by atoms with Crippen LogP contribution in [0.1, 0.15) is 25.8 Å². The third-order valence-electron chi connectivity index (χ3n) is 2.77. The molecule has 0 unspecified atom stereocenters. The van der Waals surface area contributed by atoms with E-state index in [1.54, 1.807) is 0 Å². The molecule has 90 valence electrons. The fraction of sp³-hybridized carbons (Fsp3) is 0.571. The van der Waals surface area contributed by atoms with Gasteiger partial charge < -0.3 is 9.64 Å². The predicted octanol–water partition coefficient (Wildman–Crippen LogP) is 3.11. The molecule has 0 heterocycles. The second-order valence-electron chi connectivity index (χ2n) is 4.05. The van der Waals surface area contributed by atoms with Gasteiger partial charge in [0.2, 0.25) is 0 Å². The molecule has 0 bridgehead atoms. The van der Waals surface area contributed by atoms with E-state index in [4.69, 9.17) is 4.74 Å². The molecule has 1 aromatic carbocycles. The van der Waals surface area contributed by atoms with E-state index in [1.165, 1.54) is 5.56 Å². The molecule has 2 heteroatoms.